The lowest BCUT2D eigenvalue weighted by Crippen LogP contribution is -2.57. The molecule has 0 radical (unpaired) electrons. The number of carbonyl (C=O) groups excluding carboxylic acids is 3. The fourth-order valence-electron chi connectivity index (χ4n) is 7.53. The zero-order chi connectivity index (χ0) is 17.3. The Morgan fingerprint density at radius 2 is 1.79 bits per heavy atom. The molecule has 0 aromatic rings. The predicted octanol–water partition coefficient (Wildman–Crippen LogP) is 3.98. The topological polar surface area (TPSA) is 51.2 Å². The van der Waals surface area contributed by atoms with Gasteiger partial charge in [0.25, 0.3) is 0 Å². The SMILES string of the molecule is CC(=O)C1CCC2C3CC[C@@H]4CC(=O)CC[C@]4(C)C3C(=O)C[C@]12C. The Balaban J connectivity index is 1.69. The zero-order valence-corrected chi connectivity index (χ0v) is 15.3. The van der Waals surface area contributed by atoms with Gasteiger partial charge < -0.3 is 0 Å². The van der Waals surface area contributed by atoms with E-state index in [0.717, 1.165) is 32.1 Å². The maximum atomic E-state index is 13.3. The molecule has 4 aliphatic rings. The number of fused-ring (bicyclic) bond motifs is 5. The molecule has 0 aromatic carbocycles. The summed E-state index contributed by atoms with van der Waals surface area (Å²) in [5.41, 5.74) is -0.0959. The summed E-state index contributed by atoms with van der Waals surface area (Å²) in [6.45, 7) is 6.21. The fourth-order valence-corrected chi connectivity index (χ4v) is 7.53. The Morgan fingerprint density at radius 1 is 1.04 bits per heavy atom. The van der Waals surface area contributed by atoms with Crippen LogP contribution in [0.4, 0.5) is 0 Å². The Bertz CT molecular complexity index is 608. The van der Waals surface area contributed by atoms with E-state index in [1.54, 1.807) is 6.92 Å². The third-order valence-corrected chi connectivity index (χ3v) is 8.66. The third kappa shape index (κ3) is 2.05. The van der Waals surface area contributed by atoms with Gasteiger partial charge in [-0.2, -0.15) is 0 Å². The van der Waals surface area contributed by atoms with Crippen LogP contribution in [0.25, 0.3) is 0 Å². The van der Waals surface area contributed by atoms with Crippen molar-refractivity contribution in [1.29, 1.82) is 0 Å². The highest BCUT2D eigenvalue weighted by molar-refractivity contribution is 5.87. The maximum absolute atomic E-state index is 13.3. The third-order valence-electron chi connectivity index (χ3n) is 8.66. The second kappa shape index (κ2) is 5.25. The first kappa shape index (κ1) is 16.5. The Morgan fingerprint density at radius 3 is 2.50 bits per heavy atom. The minimum Gasteiger partial charge on any atom is -0.300 e. The Kier molecular flexibility index (Phi) is 3.61. The molecule has 7 atom stereocenters. The fraction of sp³-hybridized carbons (Fsp3) is 0.857. The van der Waals surface area contributed by atoms with Crippen molar-refractivity contribution in [1.82, 2.24) is 0 Å². The van der Waals surface area contributed by atoms with E-state index in [9.17, 15) is 14.4 Å². The van der Waals surface area contributed by atoms with Crippen LogP contribution in [-0.4, -0.2) is 17.3 Å². The van der Waals surface area contributed by atoms with Gasteiger partial charge in [-0.05, 0) is 67.6 Å². The number of hydrogen-bond donors (Lipinski definition) is 0. The summed E-state index contributed by atoms with van der Waals surface area (Å²) in [4.78, 5) is 37.4. The number of carbonyl (C=O) groups is 3. The largest absolute Gasteiger partial charge is 0.300 e. The standard InChI is InChI=1S/C21H30O3/c1-12(22)16-6-7-17-15-5-4-13-10-14(23)8-9-20(13,2)19(15)18(24)11-21(16,17)3/h13,15-17,19H,4-11H2,1-3H3/t13-,15?,16?,17?,19?,20+,21-/m1/s1. The Hall–Kier alpha value is -0.990. The first-order valence-corrected chi connectivity index (χ1v) is 9.82. The van der Waals surface area contributed by atoms with Gasteiger partial charge in [0.2, 0.25) is 0 Å². The number of ketones is 3. The van der Waals surface area contributed by atoms with Crippen molar-refractivity contribution < 1.29 is 14.4 Å². The molecule has 0 aromatic heterocycles. The summed E-state index contributed by atoms with van der Waals surface area (Å²) in [6.07, 6.45) is 7.05. The normalized spacial score (nSPS) is 50.9. The molecule has 0 bridgehead atoms. The van der Waals surface area contributed by atoms with Crippen molar-refractivity contribution in [3.8, 4) is 0 Å². The molecular formula is C21H30O3. The van der Waals surface area contributed by atoms with Crippen LogP contribution in [-0.2, 0) is 14.4 Å². The van der Waals surface area contributed by atoms with Crippen LogP contribution in [0.1, 0.15) is 72.1 Å². The molecule has 0 spiro atoms. The smallest absolute Gasteiger partial charge is 0.137 e. The number of Topliss-reactive ketones (excluding diaryl/α,β-unsaturated/α-hetero) is 3. The molecule has 4 unspecified atom stereocenters. The molecule has 3 heteroatoms. The second-order valence-corrected chi connectivity index (χ2v) is 9.66. The lowest BCUT2D eigenvalue weighted by molar-refractivity contribution is -0.161. The summed E-state index contributed by atoms with van der Waals surface area (Å²) in [6, 6.07) is 0. The van der Waals surface area contributed by atoms with E-state index in [0.29, 0.717) is 48.6 Å². The molecule has 3 nitrogen and oxygen atoms in total. The lowest BCUT2D eigenvalue weighted by atomic mass is 9.44. The van der Waals surface area contributed by atoms with Gasteiger partial charge in [0.05, 0.1) is 0 Å². The van der Waals surface area contributed by atoms with Crippen molar-refractivity contribution in [3.05, 3.63) is 0 Å². The van der Waals surface area contributed by atoms with E-state index < -0.39 is 0 Å². The molecule has 0 N–H and O–H groups in total. The molecule has 24 heavy (non-hydrogen) atoms. The van der Waals surface area contributed by atoms with E-state index in [1.807, 2.05) is 0 Å². The van der Waals surface area contributed by atoms with E-state index in [1.165, 1.54) is 0 Å². The van der Waals surface area contributed by atoms with Gasteiger partial charge in [0.15, 0.2) is 0 Å². The molecule has 0 heterocycles. The summed E-state index contributed by atoms with van der Waals surface area (Å²) >= 11 is 0. The number of hydrogen-bond acceptors (Lipinski definition) is 3. The first-order chi connectivity index (χ1) is 11.3. The monoisotopic (exact) mass is 330 g/mol. The van der Waals surface area contributed by atoms with Crippen molar-refractivity contribution in [3.63, 3.8) is 0 Å². The average molecular weight is 330 g/mol. The molecular weight excluding hydrogens is 300 g/mol. The quantitative estimate of drug-likeness (QED) is 0.730. The summed E-state index contributed by atoms with van der Waals surface area (Å²) in [5.74, 6) is 2.63. The van der Waals surface area contributed by atoms with Gasteiger partial charge in [-0.15, -0.1) is 0 Å². The highest BCUT2D eigenvalue weighted by Crippen LogP contribution is 2.66. The lowest BCUT2D eigenvalue weighted by Gasteiger charge is -2.59. The predicted molar refractivity (Wildman–Crippen MR) is 91.3 cm³/mol. The molecule has 132 valence electrons. The van der Waals surface area contributed by atoms with E-state index in [-0.39, 0.29) is 28.4 Å². The minimum absolute atomic E-state index is 0.0174. The Labute approximate surface area is 144 Å². The van der Waals surface area contributed by atoms with Crippen molar-refractivity contribution in [2.24, 2.45) is 40.4 Å². The van der Waals surface area contributed by atoms with Crippen molar-refractivity contribution in [2.75, 3.05) is 0 Å². The molecule has 4 aliphatic carbocycles. The highest BCUT2D eigenvalue weighted by Gasteiger charge is 2.63. The van der Waals surface area contributed by atoms with Crippen LogP contribution in [0.15, 0.2) is 0 Å². The van der Waals surface area contributed by atoms with Gasteiger partial charge >= 0.3 is 0 Å². The average Bonchev–Trinajstić information content (AvgIpc) is 2.84. The van der Waals surface area contributed by atoms with Crippen LogP contribution in [0.2, 0.25) is 0 Å². The van der Waals surface area contributed by atoms with Crippen molar-refractivity contribution >= 4 is 17.3 Å². The summed E-state index contributed by atoms with van der Waals surface area (Å²) < 4.78 is 0. The van der Waals surface area contributed by atoms with Crippen LogP contribution >= 0.6 is 0 Å². The number of rotatable bonds is 1. The molecule has 0 aliphatic heterocycles. The highest BCUT2D eigenvalue weighted by atomic mass is 16.1. The van der Waals surface area contributed by atoms with Gasteiger partial charge in [0, 0.05) is 31.1 Å². The summed E-state index contributed by atoms with van der Waals surface area (Å²) in [5, 5.41) is 0. The second-order valence-electron chi connectivity index (χ2n) is 9.66. The van der Waals surface area contributed by atoms with Crippen LogP contribution in [0.3, 0.4) is 0 Å². The minimum atomic E-state index is -0.113. The van der Waals surface area contributed by atoms with Crippen LogP contribution in [0.5, 0.6) is 0 Å². The molecule has 4 fully saturated rings. The van der Waals surface area contributed by atoms with E-state index in [2.05, 4.69) is 13.8 Å². The molecule has 0 saturated heterocycles. The van der Waals surface area contributed by atoms with Gasteiger partial charge in [-0.3, -0.25) is 14.4 Å². The van der Waals surface area contributed by atoms with Gasteiger partial charge in [-0.1, -0.05) is 13.8 Å². The van der Waals surface area contributed by atoms with E-state index in [4.69, 9.17) is 0 Å². The van der Waals surface area contributed by atoms with Gasteiger partial charge in [-0.25, -0.2) is 0 Å². The molecule has 4 rings (SSSR count). The van der Waals surface area contributed by atoms with Crippen molar-refractivity contribution in [2.45, 2.75) is 72.1 Å². The first-order valence-electron chi connectivity index (χ1n) is 9.82. The maximum Gasteiger partial charge on any atom is 0.137 e. The molecule has 4 saturated carbocycles. The van der Waals surface area contributed by atoms with Crippen LogP contribution in [0, 0.1) is 40.4 Å². The zero-order valence-electron chi connectivity index (χ0n) is 15.3. The van der Waals surface area contributed by atoms with E-state index >= 15 is 0 Å². The molecule has 0 amide bonds. The van der Waals surface area contributed by atoms with Crippen LogP contribution < -0.4 is 0 Å². The van der Waals surface area contributed by atoms with Gasteiger partial charge in [0.1, 0.15) is 17.3 Å². The summed E-state index contributed by atoms with van der Waals surface area (Å²) in [7, 11) is 0.